The predicted molar refractivity (Wildman–Crippen MR) is 66.3 cm³/mol. The van der Waals surface area contributed by atoms with Crippen molar-refractivity contribution in [3.63, 3.8) is 0 Å². The largest absolute Gasteiger partial charge is 0.419 e. The molecule has 2 nitrogen and oxygen atoms in total. The highest BCUT2D eigenvalue weighted by molar-refractivity contribution is 5.44. The Morgan fingerprint density at radius 2 is 1.65 bits per heavy atom. The van der Waals surface area contributed by atoms with Gasteiger partial charge in [0.25, 0.3) is 0 Å². The van der Waals surface area contributed by atoms with E-state index in [0.29, 0.717) is 23.4 Å². The maximum absolute atomic E-state index is 13.2. The summed E-state index contributed by atoms with van der Waals surface area (Å²) in [6.07, 6.45) is -6.12. The van der Waals surface area contributed by atoms with Gasteiger partial charge in [-0.15, -0.1) is 0 Å². The number of anilines is 1. The standard InChI is InChI=1S/C14H11F4NO/c15-12-5-4-9(7-11(12)14(16,17)18)13(20)8-2-1-3-10(19)6-8/h1-7,13,20H,19H2. The van der Waals surface area contributed by atoms with E-state index in [9.17, 15) is 22.7 Å². The van der Waals surface area contributed by atoms with Gasteiger partial charge >= 0.3 is 6.18 Å². The summed E-state index contributed by atoms with van der Waals surface area (Å²) in [5.41, 5.74) is 4.80. The Balaban J connectivity index is 2.43. The number of nitrogens with two attached hydrogens (primary N) is 1. The molecule has 2 aromatic carbocycles. The molecule has 0 saturated heterocycles. The molecule has 1 atom stereocenters. The smallest absolute Gasteiger partial charge is 0.399 e. The number of alkyl halides is 3. The van der Waals surface area contributed by atoms with Crippen LogP contribution in [0, 0.1) is 5.82 Å². The Hall–Kier alpha value is -2.08. The van der Waals surface area contributed by atoms with Gasteiger partial charge in [0.2, 0.25) is 0 Å². The molecule has 20 heavy (non-hydrogen) atoms. The zero-order chi connectivity index (χ0) is 14.9. The Labute approximate surface area is 112 Å². The molecule has 106 valence electrons. The molecule has 0 amide bonds. The number of nitrogen functional groups attached to an aromatic ring is 1. The van der Waals surface area contributed by atoms with Gasteiger partial charge in [0, 0.05) is 5.69 Å². The first-order valence-corrected chi connectivity index (χ1v) is 5.69. The van der Waals surface area contributed by atoms with Gasteiger partial charge in [-0.05, 0) is 35.4 Å². The van der Waals surface area contributed by atoms with Gasteiger partial charge in [-0.1, -0.05) is 18.2 Å². The van der Waals surface area contributed by atoms with Crippen LogP contribution in [-0.4, -0.2) is 5.11 Å². The second-order valence-corrected chi connectivity index (χ2v) is 4.31. The van der Waals surface area contributed by atoms with Crippen LogP contribution in [0.15, 0.2) is 42.5 Å². The van der Waals surface area contributed by atoms with E-state index < -0.39 is 23.7 Å². The monoisotopic (exact) mass is 285 g/mol. The summed E-state index contributed by atoms with van der Waals surface area (Å²) >= 11 is 0. The van der Waals surface area contributed by atoms with Crippen molar-refractivity contribution in [2.75, 3.05) is 5.73 Å². The summed E-state index contributed by atoms with van der Waals surface area (Å²) in [7, 11) is 0. The van der Waals surface area contributed by atoms with E-state index in [1.54, 1.807) is 12.1 Å². The molecule has 0 radical (unpaired) electrons. The zero-order valence-corrected chi connectivity index (χ0v) is 10.2. The number of hydrogen-bond donors (Lipinski definition) is 2. The molecule has 2 aromatic rings. The lowest BCUT2D eigenvalue weighted by Gasteiger charge is -2.15. The summed E-state index contributed by atoms with van der Waals surface area (Å²) in [5, 5.41) is 10.1. The SMILES string of the molecule is Nc1cccc(C(O)c2ccc(F)c(C(F)(F)F)c2)c1. The van der Waals surface area contributed by atoms with Crippen LogP contribution in [0.25, 0.3) is 0 Å². The molecular weight excluding hydrogens is 274 g/mol. The van der Waals surface area contributed by atoms with Gasteiger partial charge in [-0.3, -0.25) is 0 Å². The van der Waals surface area contributed by atoms with Crippen LogP contribution >= 0.6 is 0 Å². The summed E-state index contributed by atoms with van der Waals surface area (Å²) in [5.74, 6) is -1.37. The maximum atomic E-state index is 13.2. The maximum Gasteiger partial charge on any atom is 0.419 e. The number of rotatable bonds is 2. The van der Waals surface area contributed by atoms with Crippen molar-refractivity contribution in [1.29, 1.82) is 0 Å². The van der Waals surface area contributed by atoms with Crippen LogP contribution < -0.4 is 5.73 Å². The topological polar surface area (TPSA) is 46.2 Å². The van der Waals surface area contributed by atoms with Gasteiger partial charge in [-0.2, -0.15) is 13.2 Å². The molecule has 0 saturated carbocycles. The number of aliphatic hydroxyl groups excluding tert-OH is 1. The van der Waals surface area contributed by atoms with Gasteiger partial charge in [0.15, 0.2) is 0 Å². The first kappa shape index (κ1) is 14.3. The predicted octanol–water partition coefficient (Wildman–Crippen LogP) is 3.51. The molecular formula is C14H11F4NO. The average Bonchev–Trinajstić information content (AvgIpc) is 2.37. The fourth-order valence-corrected chi connectivity index (χ4v) is 1.85. The second-order valence-electron chi connectivity index (χ2n) is 4.31. The van der Waals surface area contributed by atoms with Crippen LogP contribution in [-0.2, 0) is 6.18 Å². The molecule has 1 unspecified atom stereocenters. The molecule has 2 rings (SSSR count). The minimum absolute atomic E-state index is 0.0516. The fourth-order valence-electron chi connectivity index (χ4n) is 1.85. The number of aliphatic hydroxyl groups is 1. The van der Waals surface area contributed by atoms with E-state index in [0.717, 1.165) is 6.07 Å². The van der Waals surface area contributed by atoms with E-state index in [2.05, 4.69) is 0 Å². The average molecular weight is 285 g/mol. The normalized spacial score (nSPS) is 13.2. The van der Waals surface area contributed by atoms with Crippen molar-refractivity contribution in [3.05, 3.63) is 65.0 Å². The van der Waals surface area contributed by atoms with Crippen LogP contribution in [0.2, 0.25) is 0 Å². The van der Waals surface area contributed by atoms with Crippen molar-refractivity contribution < 1.29 is 22.7 Å². The van der Waals surface area contributed by atoms with Crippen molar-refractivity contribution in [2.24, 2.45) is 0 Å². The molecule has 0 fully saturated rings. The van der Waals surface area contributed by atoms with Crippen molar-refractivity contribution in [2.45, 2.75) is 12.3 Å². The molecule has 0 spiro atoms. The number of benzene rings is 2. The summed E-state index contributed by atoms with van der Waals surface area (Å²) in [4.78, 5) is 0. The van der Waals surface area contributed by atoms with Gasteiger partial charge in [0.05, 0.1) is 5.56 Å². The third kappa shape index (κ3) is 2.91. The van der Waals surface area contributed by atoms with E-state index in [4.69, 9.17) is 5.73 Å². The fraction of sp³-hybridized carbons (Fsp3) is 0.143. The van der Waals surface area contributed by atoms with Crippen LogP contribution in [0.4, 0.5) is 23.2 Å². The molecule has 0 aliphatic carbocycles. The summed E-state index contributed by atoms with van der Waals surface area (Å²) < 4.78 is 51.0. The lowest BCUT2D eigenvalue weighted by atomic mass is 9.99. The van der Waals surface area contributed by atoms with Gasteiger partial charge in [-0.25, -0.2) is 4.39 Å². The molecule has 6 heteroatoms. The number of halogens is 4. The van der Waals surface area contributed by atoms with E-state index in [-0.39, 0.29) is 5.56 Å². The highest BCUT2D eigenvalue weighted by Crippen LogP contribution is 2.34. The van der Waals surface area contributed by atoms with Crippen molar-refractivity contribution >= 4 is 5.69 Å². The molecule has 0 heterocycles. The number of hydrogen-bond acceptors (Lipinski definition) is 2. The van der Waals surface area contributed by atoms with E-state index in [1.807, 2.05) is 0 Å². The molecule has 3 N–H and O–H groups in total. The Morgan fingerprint density at radius 1 is 1.00 bits per heavy atom. The van der Waals surface area contributed by atoms with Crippen LogP contribution in [0.3, 0.4) is 0 Å². The minimum atomic E-state index is -4.81. The quantitative estimate of drug-likeness (QED) is 0.655. The third-order valence-electron chi connectivity index (χ3n) is 2.84. The van der Waals surface area contributed by atoms with Crippen molar-refractivity contribution in [1.82, 2.24) is 0 Å². The highest BCUT2D eigenvalue weighted by Gasteiger charge is 2.34. The van der Waals surface area contributed by atoms with Gasteiger partial charge < -0.3 is 10.8 Å². The molecule has 0 aromatic heterocycles. The first-order chi connectivity index (χ1) is 9.29. The molecule has 0 aliphatic rings. The van der Waals surface area contributed by atoms with E-state index in [1.165, 1.54) is 12.1 Å². The third-order valence-corrected chi connectivity index (χ3v) is 2.84. The first-order valence-electron chi connectivity index (χ1n) is 5.69. The second kappa shape index (κ2) is 5.13. The van der Waals surface area contributed by atoms with Crippen LogP contribution in [0.5, 0.6) is 0 Å². The molecule has 0 aliphatic heterocycles. The van der Waals surface area contributed by atoms with Crippen LogP contribution in [0.1, 0.15) is 22.8 Å². The van der Waals surface area contributed by atoms with E-state index >= 15 is 0 Å². The van der Waals surface area contributed by atoms with Crippen molar-refractivity contribution in [3.8, 4) is 0 Å². The Kier molecular flexibility index (Phi) is 3.67. The summed E-state index contributed by atoms with van der Waals surface area (Å²) in [6.45, 7) is 0. The summed E-state index contributed by atoms with van der Waals surface area (Å²) in [6, 6.07) is 8.53. The van der Waals surface area contributed by atoms with Gasteiger partial charge in [0.1, 0.15) is 11.9 Å². The zero-order valence-electron chi connectivity index (χ0n) is 10.2. The lowest BCUT2D eigenvalue weighted by molar-refractivity contribution is -0.140. The Morgan fingerprint density at radius 3 is 2.25 bits per heavy atom. The lowest BCUT2D eigenvalue weighted by Crippen LogP contribution is -2.10. The molecule has 0 bridgehead atoms. The highest BCUT2D eigenvalue weighted by atomic mass is 19.4. The minimum Gasteiger partial charge on any atom is -0.399 e. The Bertz CT molecular complexity index is 625.